The van der Waals surface area contributed by atoms with E-state index in [0.717, 1.165) is 0 Å². The molecule has 0 aromatic heterocycles. The van der Waals surface area contributed by atoms with Crippen LogP contribution in [0.2, 0.25) is 0 Å². The minimum Gasteiger partial charge on any atom is 0 e. The van der Waals surface area contributed by atoms with E-state index in [1.165, 1.54) is 0 Å². The van der Waals surface area contributed by atoms with Crippen LogP contribution in [0.5, 0.6) is 0 Å². The molecule has 0 saturated heterocycles. The summed E-state index contributed by atoms with van der Waals surface area (Å²) in [6.45, 7) is 0. The number of rotatable bonds is 0. The Labute approximate surface area is 105 Å². The molecule has 0 unspecified atom stereocenters. The first-order chi connectivity index (χ1) is 0. The second kappa shape index (κ2) is 16.0. The van der Waals surface area contributed by atoms with Gasteiger partial charge in [0.1, 0.15) is 0 Å². The molecule has 4 heavy (non-hydrogen) atoms. The Hall–Kier alpha value is 3.59. The quantitative estimate of drug-likeness (QED) is 0.490. The van der Waals surface area contributed by atoms with Crippen LogP contribution < -0.4 is 0 Å². The monoisotopic (exact) mass is 397 g/mol. The Morgan fingerprint density at radius 3 is 1.00 bits per heavy atom. The molecule has 5 radical (unpaired) electrons. The third kappa shape index (κ3) is 9.14. The van der Waals surface area contributed by atoms with Crippen LogP contribution in [0.1, 0.15) is 0 Å². The van der Waals surface area contributed by atoms with Gasteiger partial charge in [0, 0.05) is 107 Å². The Bertz CT molecular complexity index is 8.00. The van der Waals surface area contributed by atoms with E-state index in [0.29, 0.717) is 0 Å². The average Bonchev–Trinajstić information content (AvgIpc) is 0. The van der Waals surface area contributed by atoms with E-state index in [2.05, 4.69) is 0 Å². The van der Waals surface area contributed by atoms with Crippen molar-refractivity contribution in [1.82, 2.24) is 0 Å². The molecule has 0 bridgehead atoms. The maximum absolute atomic E-state index is 0. The molecule has 0 atom stereocenters. The van der Waals surface area contributed by atoms with E-state index in [4.69, 9.17) is 0 Å². The zero-order valence-corrected chi connectivity index (χ0v) is 12.6. The first-order valence-corrected chi connectivity index (χ1v) is 0. The van der Waals surface area contributed by atoms with E-state index >= 15 is 0 Å². The Balaban J connectivity index is 0. The van der Waals surface area contributed by atoms with E-state index in [9.17, 15) is 0 Å². The molecule has 0 aromatic rings. The van der Waals surface area contributed by atoms with Crippen molar-refractivity contribution >= 4 is 23.9 Å². The molecule has 15 valence electrons. The predicted octanol–water partition coefficient (Wildman–Crippen LogP) is -0.386. The van der Waals surface area contributed by atoms with Gasteiger partial charge in [0.15, 0.2) is 0 Å². The summed E-state index contributed by atoms with van der Waals surface area (Å²) in [5.74, 6) is 0. The second-order valence-corrected chi connectivity index (χ2v) is 0. The second-order valence-electron chi connectivity index (χ2n) is 0. The molecule has 0 saturated carbocycles. The molecule has 0 rings (SSSR count). The SMILES string of the molecule is [La].[Sn].[Ti].[Zr]. The molecule has 0 spiro atoms. The molecule has 0 aromatic carbocycles. The van der Waals surface area contributed by atoms with Gasteiger partial charge in [0.25, 0.3) is 0 Å². The summed E-state index contributed by atoms with van der Waals surface area (Å²) in [5.41, 5.74) is 0. The van der Waals surface area contributed by atoms with Crippen molar-refractivity contribution in [3.05, 3.63) is 0 Å². The van der Waals surface area contributed by atoms with Gasteiger partial charge < -0.3 is 0 Å². The van der Waals surface area contributed by atoms with Gasteiger partial charge in [0.2, 0.25) is 0 Å². The van der Waals surface area contributed by atoms with E-state index in [1.54, 1.807) is 0 Å². The molecule has 0 nitrogen and oxygen atoms in total. The van der Waals surface area contributed by atoms with Gasteiger partial charge in [0.05, 0.1) is 0 Å². The van der Waals surface area contributed by atoms with Crippen LogP contribution in [-0.2, 0) is 47.9 Å². The summed E-state index contributed by atoms with van der Waals surface area (Å²) in [5, 5.41) is 0. The van der Waals surface area contributed by atoms with Crippen molar-refractivity contribution in [2.24, 2.45) is 0 Å². The van der Waals surface area contributed by atoms with Crippen LogP contribution in [0.3, 0.4) is 0 Å². The van der Waals surface area contributed by atoms with Gasteiger partial charge >= 0.3 is 0 Å². The molecular formula is LaSnTiZr. The molecule has 0 aliphatic rings. The van der Waals surface area contributed by atoms with Crippen LogP contribution in [0, 0.1) is 35.6 Å². The fraction of sp³-hybridized carbons (Fsp3) is 0. The van der Waals surface area contributed by atoms with Gasteiger partial charge in [-0.25, -0.2) is 0 Å². The Morgan fingerprint density at radius 1 is 1.00 bits per heavy atom. The van der Waals surface area contributed by atoms with Crippen LogP contribution in [0.15, 0.2) is 0 Å². The molecular weight excluding hydrogens is 397 g/mol. The van der Waals surface area contributed by atoms with E-state index < -0.39 is 0 Å². The smallest absolute Gasteiger partial charge is 0 e. The predicted molar refractivity (Wildman–Crippen MR) is 5.75 cm³/mol. The van der Waals surface area contributed by atoms with Gasteiger partial charge in [-0.05, 0) is 0 Å². The minimum absolute atomic E-state index is 0. The Kier molecular flexibility index (Phi) is 102. The maximum atomic E-state index is 0. The van der Waals surface area contributed by atoms with Crippen LogP contribution in [0.25, 0.3) is 0 Å². The van der Waals surface area contributed by atoms with Gasteiger partial charge in [-0.2, -0.15) is 0 Å². The van der Waals surface area contributed by atoms with Crippen molar-refractivity contribution in [2.45, 2.75) is 0 Å². The first kappa shape index (κ1) is 25.6. The minimum atomic E-state index is 0. The van der Waals surface area contributed by atoms with Crippen molar-refractivity contribution in [1.29, 1.82) is 0 Å². The summed E-state index contributed by atoms with van der Waals surface area (Å²) in [6.07, 6.45) is 0. The topological polar surface area (TPSA) is 0 Å². The summed E-state index contributed by atoms with van der Waals surface area (Å²) in [6, 6.07) is 0. The average molecular weight is 397 g/mol. The fourth-order valence-corrected chi connectivity index (χ4v) is 0. The molecule has 0 aliphatic heterocycles. The largest absolute Gasteiger partial charge is 0 e. The fourth-order valence-electron chi connectivity index (χ4n) is 0. The summed E-state index contributed by atoms with van der Waals surface area (Å²) >= 11 is 0. The van der Waals surface area contributed by atoms with Crippen LogP contribution in [0.4, 0.5) is 0 Å². The molecule has 0 amide bonds. The maximum Gasteiger partial charge on any atom is 0 e. The van der Waals surface area contributed by atoms with Crippen molar-refractivity contribution in [2.75, 3.05) is 0 Å². The van der Waals surface area contributed by atoms with Gasteiger partial charge in [-0.1, -0.05) is 0 Å². The van der Waals surface area contributed by atoms with Crippen LogP contribution >= 0.6 is 0 Å². The van der Waals surface area contributed by atoms with E-state index in [-0.39, 0.29) is 107 Å². The molecule has 0 heterocycles. The molecule has 0 fully saturated rings. The van der Waals surface area contributed by atoms with Crippen LogP contribution in [-0.4, -0.2) is 23.9 Å². The summed E-state index contributed by atoms with van der Waals surface area (Å²) < 4.78 is 0. The molecule has 4 heteroatoms. The van der Waals surface area contributed by atoms with E-state index in [1.807, 2.05) is 0 Å². The summed E-state index contributed by atoms with van der Waals surface area (Å²) in [7, 11) is 0. The number of hydrogen-bond acceptors (Lipinski definition) is 0. The first-order valence-electron chi connectivity index (χ1n) is 0. The number of hydrogen-bond donors (Lipinski definition) is 0. The van der Waals surface area contributed by atoms with Crippen molar-refractivity contribution in [3.8, 4) is 0 Å². The zero-order valence-electron chi connectivity index (χ0n) is 2.08. The van der Waals surface area contributed by atoms with Gasteiger partial charge in [-0.3, -0.25) is 0 Å². The zero-order chi connectivity index (χ0) is 0. The van der Waals surface area contributed by atoms with Crippen molar-refractivity contribution < 1.29 is 83.5 Å². The molecule has 0 N–H and O–H groups in total. The van der Waals surface area contributed by atoms with Gasteiger partial charge in [-0.15, -0.1) is 0 Å². The van der Waals surface area contributed by atoms with Crippen molar-refractivity contribution in [3.63, 3.8) is 0 Å². The molecule has 0 aliphatic carbocycles. The standard InChI is InChI=1S/La.Sn.Ti.Zr. The third-order valence-electron chi connectivity index (χ3n) is 0. The normalized spacial score (nSPS) is 0. The Morgan fingerprint density at radius 2 is 1.00 bits per heavy atom. The third-order valence-corrected chi connectivity index (χ3v) is 0. The summed E-state index contributed by atoms with van der Waals surface area (Å²) in [4.78, 5) is 0.